The molecule has 0 radical (unpaired) electrons. The minimum atomic E-state index is 0.223. The number of thioether (sulfide) groups is 1. The number of carbonyl (C=O) groups excluding carboxylic acids is 1. The van der Waals surface area contributed by atoms with Crippen LogP contribution in [0.3, 0.4) is 0 Å². The van der Waals surface area contributed by atoms with Crippen LogP contribution in [-0.2, 0) is 4.79 Å². The average molecular weight is 153 g/mol. The Morgan fingerprint density at radius 3 is 3.20 bits per heavy atom. The molecule has 2 nitrogen and oxygen atoms in total. The van der Waals surface area contributed by atoms with Crippen molar-refractivity contribution in [1.82, 2.24) is 4.90 Å². The molecule has 10 heavy (non-hydrogen) atoms. The minimum absolute atomic E-state index is 0.223. The van der Waals surface area contributed by atoms with Crippen LogP contribution in [0, 0.1) is 0 Å². The van der Waals surface area contributed by atoms with Crippen molar-refractivity contribution in [2.24, 2.45) is 0 Å². The number of fused-ring (bicyclic) bond motifs is 1. The molecule has 0 aliphatic carbocycles. The van der Waals surface area contributed by atoms with Gasteiger partial charge in [-0.1, -0.05) is 6.58 Å². The van der Waals surface area contributed by atoms with Gasteiger partial charge >= 0.3 is 0 Å². The highest BCUT2D eigenvalue weighted by Crippen LogP contribution is 2.37. The number of allylic oxidation sites excluding steroid dienone is 1. The van der Waals surface area contributed by atoms with Crippen LogP contribution < -0.4 is 0 Å². The Labute approximate surface area is 63.6 Å². The van der Waals surface area contributed by atoms with Crippen LogP contribution >= 0.6 is 11.8 Å². The van der Waals surface area contributed by atoms with Crippen LogP contribution in [0.15, 0.2) is 23.8 Å². The zero-order chi connectivity index (χ0) is 7.14. The van der Waals surface area contributed by atoms with Crippen molar-refractivity contribution in [3.8, 4) is 0 Å². The maximum absolute atomic E-state index is 10.8. The maximum Gasteiger partial charge on any atom is 0.230 e. The fraction of sp³-hybridized carbons (Fsp3) is 0.286. The summed E-state index contributed by atoms with van der Waals surface area (Å²) in [5.41, 5.74) is 0. The molecule has 2 heterocycles. The third kappa shape index (κ3) is 0.703. The molecular formula is C7H7NOS. The van der Waals surface area contributed by atoms with Crippen LogP contribution in [0.2, 0.25) is 0 Å². The van der Waals surface area contributed by atoms with Gasteiger partial charge in [-0.15, -0.1) is 11.8 Å². The first kappa shape index (κ1) is 6.04. The lowest BCUT2D eigenvalue weighted by Crippen LogP contribution is -2.48. The summed E-state index contributed by atoms with van der Waals surface area (Å²) in [7, 11) is 0. The van der Waals surface area contributed by atoms with Crippen molar-refractivity contribution in [2.75, 3.05) is 0 Å². The summed E-state index contributed by atoms with van der Waals surface area (Å²) in [6, 6.07) is 0. The summed E-state index contributed by atoms with van der Waals surface area (Å²) in [6.07, 6.45) is 4.36. The SMILES string of the molecule is C=C1C=CN2C(=O)C[C@@H]2S1. The van der Waals surface area contributed by atoms with Crippen molar-refractivity contribution in [3.05, 3.63) is 23.8 Å². The average Bonchev–Trinajstić information content (AvgIpc) is 1.86. The Morgan fingerprint density at radius 2 is 2.60 bits per heavy atom. The predicted molar refractivity (Wildman–Crippen MR) is 41.1 cm³/mol. The molecule has 1 fully saturated rings. The van der Waals surface area contributed by atoms with Gasteiger partial charge in [0.05, 0.1) is 11.8 Å². The van der Waals surface area contributed by atoms with Crippen molar-refractivity contribution < 1.29 is 4.79 Å². The van der Waals surface area contributed by atoms with Crippen LogP contribution in [-0.4, -0.2) is 16.2 Å². The van der Waals surface area contributed by atoms with E-state index in [9.17, 15) is 4.79 Å². The molecule has 2 aliphatic rings. The van der Waals surface area contributed by atoms with Gasteiger partial charge in [-0.3, -0.25) is 4.79 Å². The van der Waals surface area contributed by atoms with Gasteiger partial charge in [0.2, 0.25) is 5.91 Å². The summed E-state index contributed by atoms with van der Waals surface area (Å²) < 4.78 is 0. The third-order valence-corrected chi connectivity index (χ3v) is 2.76. The molecule has 3 heteroatoms. The number of hydrogen-bond acceptors (Lipinski definition) is 2. The van der Waals surface area contributed by atoms with Gasteiger partial charge in [0.25, 0.3) is 0 Å². The van der Waals surface area contributed by atoms with Crippen molar-refractivity contribution in [1.29, 1.82) is 0 Å². The predicted octanol–water partition coefficient (Wildman–Crippen LogP) is 1.32. The number of β-lactam (4-membered cyclic amide) rings is 1. The largest absolute Gasteiger partial charge is 0.306 e. The van der Waals surface area contributed by atoms with Gasteiger partial charge in [0, 0.05) is 11.1 Å². The molecule has 2 aliphatic heterocycles. The second kappa shape index (κ2) is 1.89. The molecule has 0 unspecified atom stereocenters. The molecule has 1 atom stereocenters. The zero-order valence-electron chi connectivity index (χ0n) is 5.41. The quantitative estimate of drug-likeness (QED) is 0.489. The van der Waals surface area contributed by atoms with Crippen LogP contribution in [0.4, 0.5) is 0 Å². The zero-order valence-corrected chi connectivity index (χ0v) is 6.23. The third-order valence-electron chi connectivity index (χ3n) is 1.66. The molecule has 2 rings (SSSR count). The molecule has 52 valence electrons. The van der Waals surface area contributed by atoms with Crippen molar-refractivity contribution in [2.45, 2.75) is 11.8 Å². The second-order valence-electron chi connectivity index (χ2n) is 2.36. The van der Waals surface area contributed by atoms with E-state index < -0.39 is 0 Å². The lowest BCUT2D eigenvalue weighted by atomic mass is 10.2. The van der Waals surface area contributed by atoms with E-state index in [1.54, 1.807) is 16.7 Å². The molecule has 0 spiro atoms. The van der Waals surface area contributed by atoms with Gasteiger partial charge in [-0.05, 0) is 6.08 Å². The Morgan fingerprint density at radius 1 is 1.80 bits per heavy atom. The summed E-state index contributed by atoms with van der Waals surface area (Å²) in [4.78, 5) is 13.6. The maximum atomic E-state index is 10.8. The van der Waals surface area contributed by atoms with Gasteiger partial charge in [0.15, 0.2) is 0 Å². The summed E-state index contributed by atoms with van der Waals surface area (Å²) >= 11 is 1.66. The van der Waals surface area contributed by atoms with Gasteiger partial charge in [0.1, 0.15) is 0 Å². The summed E-state index contributed by atoms with van der Waals surface area (Å²) in [6.45, 7) is 3.80. The highest BCUT2D eigenvalue weighted by Gasteiger charge is 2.36. The lowest BCUT2D eigenvalue weighted by molar-refractivity contribution is -0.137. The Bertz CT molecular complexity index is 234. The Kier molecular flexibility index (Phi) is 1.14. The first-order valence-corrected chi connectivity index (χ1v) is 4.00. The Balaban J connectivity index is 2.21. The summed E-state index contributed by atoms with van der Waals surface area (Å²) in [5.74, 6) is 0.223. The molecular weight excluding hydrogens is 146 g/mol. The van der Waals surface area contributed by atoms with Gasteiger partial charge in [-0.2, -0.15) is 0 Å². The molecule has 0 saturated carbocycles. The number of nitrogens with zero attached hydrogens (tertiary/aromatic N) is 1. The van der Waals surface area contributed by atoms with E-state index in [0.717, 1.165) is 4.91 Å². The van der Waals surface area contributed by atoms with Gasteiger partial charge < -0.3 is 4.90 Å². The number of carbonyl (C=O) groups is 1. The van der Waals surface area contributed by atoms with Crippen LogP contribution in [0.25, 0.3) is 0 Å². The molecule has 0 N–H and O–H groups in total. The normalized spacial score (nSPS) is 30.0. The number of rotatable bonds is 0. The molecule has 0 aromatic rings. The fourth-order valence-corrected chi connectivity index (χ4v) is 2.07. The standard InChI is InChI=1S/C7H7NOS/c1-5-2-3-8-6(9)4-7(8)10-5/h2-3,7H,1,4H2/t7-/m0/s1. The van der Waals surface area contributed by atoms with E-state index in [-0.39, 0.29) is 5.91 Å². The Hall–Kier alpha value is -0.700. The van der Waals surface area contributed by atoms with E-state index >= 15 is 0 Å². The van der Waals surface area contributed by atoms with Crippen molar-refractivity contribution >= 4 is 17.7 Å². The molecule has 0 aromatic carbocycles. The van der Waals surface area contributed by atoms with E-state index in [1.165, 1.54) is 0 Å². The minimum Gasteiger partial charge on any atom is -0.306 e. The van der Waals surface area contributed by atoms with E-state index in [2.05, 4.69) is 6.58 Å². The van der Waals surface area contributed by atoms with Crippen LogP contribution in [0.1, 0.15) is 6.42 Å². The van der Waals surface area contributed by atoms with Crippen LogP contribution in [0.5, 0.6) is 0 Å². The first-order chi connectivity index (χ1) is 4.77. The van der Waals surface area contributed by atoms with E-state index in [1.807, 2.05) is 12.3 Å². The summed E-state index contributed by atoms with van der Waals surface area (Å²) in [5, 5.41) is 0.352. The highest BCUT2D eigenvalue weighted by atomic mass is 32.2. The molecule has 0 bridgehead atoms. The first-order valence-electron chi connectivity index (χ1n) is 3.12. The van der Waals surface area contributed by atoms with E-state index in [4.69, 9.17) is 0 Å². The smallest absolute Gasteiger partial charge is 0.230 e. The molecule has 1 amide bonds. The van der Waals surface area contributed by atoms with E-state index in [0.29, 0.717) is 11.8 Å². The second-order valence-corrected chi connectivity index (χ2v) is 3.66. The topological polar surface area (TPSA) is 20.3 Å². The monoisotopic (exact) mass is 153 g/mol. The van der Waals surface area contributed by atoms with Crippen molar-refractivity contribution in [3.63, 3.8) is 0 Å². The molecule has 0 aromatic heterocycles. The lowest BCUT2D eigenvalue weighted by Gasteiger charge is -2.39. The number of hydrogen-bond donors (Lipinski definition) is 0. The molecule has 1 saturated heterocycles. The fourth-order valence-electron chi connectivity index (χ4n) is 1.06. The number of amides is 1. The van der Waals surface area contributed by atoms with Gasteiger partial charge in [-0.25, -0.2) is 0 Å². The highest BCUT2D eigenvalue weighted by molar-refractivity contribution is 8.04.